The molecule has 0 fully saturated rings. The van der Waals surface area contributed by atoms with E-state index in [-0.39, 0.29) is 18.1 Å². The topological polar surface area (TPSA) is 63.6 Å². The van der Waals surface area contributed by atoms with Crippen molar-refractivity contribution in [3.05, 3.63) is 71.8 Å². The number of carboxylic acid groups (broad SMARTS) is 1. The standard InChI is InChI=1S/C19H16O4/c1-12(10-18(20)21)19(22)23-11-17-15-8-4-2-6-13(15)14-7-3-5-9-16(14)17/h2-9,17H,1,10-11H2,(H,20,21). The number of hydrogen-bond acceptors (Lipinski definition) is 3. The highest BCUT2D eigenvalue weighted by atomic mass is 16.5. The molecule has 0 spiro atoms. The lowest BCUT2D eigenvalue weighted by Crippen LogP contribution is -2.15. The maximum absolute atomic E-state index is 11.9. The molecule has 0 aliphatic heterocycles. The summed E-state index contributed by atoms with van der Waals surface area (Å²) in [4.78, 5) is 22.5. The van der Waals surface area contributed by atoms with Gasteiger partial charge in [-0.1, -0.05) is 55.1 Å². The summed E-state index contributed by atoms with van der Waals surface area (Å²) in [6.07, 6.45) is -0.406. The molecule has 1 aliphatic carbocycles. The van der Waals surface area contributed by atoms with E-state index in [0.29, 0.717) is 0 Å². The fourth-order valence-electron chi connectivity index (χ4n) is 2.96. The highest BCUT2D eigenvalue weighted by Gasteiger charge is 2.29. The van der Waals surface area contributed by atoms with Crippen LogP contribution in [0.15, 0.2) is 60.7 Å². The highest BCUT2D eigenvalue weighted by Crippen LogP contribution is 2.44. The number of hydrogen-bond donors (Lipinski definition) is 1. The first-order valence-electron chi connectivity index (χ1n) is 7.33. The number of fused-ring (bicyclic) bond motifs is 3. The van der Waals surface area contributed by atoms with Gasteiger partial charge >= 0.3 is 11.9 Å². The minimum atomic E-state index is -1.09. The van der Waals surface area contributed by atoms with E-state index in [1.807, 2.05) is 36.4 Å². The zero-order chi connectivity index (χ0) is 16.4. The zero-order valence-corrected chi connectivity index (χ0v) is 12.5. The predicted octanol–water partition coefficient (Wildman–Crippen LogP) is 3.37. The second kappa shape index (κ2) is 6.08. The minimum absolute atomic E-state index is 0.0380. The van der Waals surface area contributed by atoms with Gasteiger partial charge < -0.3 is 9.84 Å². The maximum atomic E-state index is 11.9. The van der Waals surface area contributed by atoms with Crippen LogP contribution in [0.5, 0.6) is 0 Å². The van der Waals surface area contributed by atoms with Crippen LogP contribution in [0.3, 0.4) is 0 Å². The Kier molecular flexibility index (Phi) is 3.98. The lowest BCUT2D eigenvalue weighted by molar-refractivity contribution is -0.143. The van der Waals surface area contributed by atoms with Gasteiger partial charge in [-0.2, -0.15) is 0 Å². The third-order valence-corrected chi connectivity index (χ3v) is 4.00. The van der Waals surface area contributed by atoms with E-state index in [1.165, 1.54) is 0 Å². The summed E-state index contributed by atoms with van der Waals surface area (Å²) in [5.41, 5.74) is 4.48. The van der Waals surface area contributed by atoms with E-state index in [2.05, 4.69) is 18.7 Å². The second-order valence-corrected chi connectivity index (χ2v) is 5.50. The molecule has 0 bridgehead atoms. The second-order valence-electron chi connectivity index (χ2n) is 5.50. The van der Waals surface area contributed by atoms with Gasteiger partial charge in [0.2, 0.25) is 0 Å². The number of carboxylic acids is 1. The Balaban J connectivity index is 1.80. The van der Waals surface area contributed by atoms with Crippen molar-refractivity contribution in [2.45, 2.75) is 12.3 Å². The van der Waals surface area contributed by atoms with Crippen molar-refractivity contribution < 1.29 is 19.4 Å². The number of aliphatic carboxylic acids is 1. The van der Waals surface area contributed by atoms with Gasteiger partial charge in [0, 0.05) is 11.5 Å². The van der Waals surface area contributed by atoms with Crippen LogP contribution in [-0.2, 0) is 14.3 Å². The Bertz CT molecular complexity index is 746. The molecular weight excluding hydrogens is 292 g/mol. The van der Waals surface area contributed by atoms with Crippen molar-refractivity contribution in [1.29, 1.82) is 0 Å². The van der Waals surface area contributed by atoms with E-state index < -0.39 is 18.4 Å². The summed E-state index contributed by atoms with van der Waals surface area (Å²) in [5.74, 6) is -1.79. The molecule has 2 aromatic rings. The summed E-state index contributed by atoms with van der Waals surface area (Å²) >= 11 is 0. The van der Waals surface area contributed by atoms with E-state index >= 15 is 0 Å². The molecule has 0 unspecified atom stereocenters. The number of ether oxygens (including phenoxy) is 1. The molecule has 0 heterocycles. The molecule has 116 valence electrons. The van der Waals surface area contributed by atoms with Crippen LogP contribution in [0.2, 0.25) is 0 Å². The van der Waals surface area contributed by atoms with Crippen molar-refractivity contribution in [3.63, 3.8) is 0 Å². The zero-order valence-electron chi connectivity index (χ0n) is 12.5. The monoisotopic (exact) mass is 308 g/mol. The average molecular weight is 308 g/mol. The van der Waals surface area contributed by atoms with Crippen molar-refractivity contribution in [2.75, 3.05) is 6.61 Å². The van der Waals surface area contributed by atoms with Crippen LogP contribution >= 0.6 is 0 Å². The van der Waals surface area contributed by atoms with Gasteiger partial charge in [0.05, 0.1) is 6.42 Å². The first-order chi connectivity index (χ1) is 11.1. The molecule has 0 amide bonds. The van der Waals surface area contributed by atoms with Gasteiger partial charge in [-0.3, -0.25) is 4.79 Å². The molecule has 2 aromatic carbocycles. The number of carbonyl (C=O) groups excluding carboxylic acids is 1. The van der Waals surface area contributed by atoms with Gasteiger partial charge in [-0.05, 0) is 22.3 Å². The van der Waals surface area contributed by atoms with Crippen molar-refractivity contribution in [3.8, 4) is 11.1 Å². The molecule has 0 atom stereocenters. The lowest BCUT2D eigenvalue weighted by Gasteiger charge is -2.14. The number of esters is 1. The molecule has 3 rings (SSSR count). The lowest BCUT2D eigenvalue weighted by atomic mass is 9.98. The minimum Gasteiger partial charge on any atom is -0.481 e. The molecule has 1 N–H and O–H groups in total. The first-order valence-corrected chi connectivity index (χ1v) is 7.33. The average Bonchev–Trinajstić information content (AvgIpc) is 2.86. The Morgan fingerprint density at radius 3 is 2.04 bits per heavy atom. The van der Waals surface area contributed by atoms with Crippen LogP contribution in [0, 0.1) is 0 Å². The van der Waals surface area contributed by atoms with Crippen LogP contribution in [-0.4, -0.2) is 23.7 Å². The Morgan fingerprint density at radius 1 is 1.00 bits per heavy atom. The largest absolute Gasteiger partial charge is 0.481 e. The van der Waals surface area contributed by atoms with E-state index in [4.69, 9.17) is 9.84 Å². The molecule has 4 heteroatoms. The molecule has 0 saturated carbocycles. The maximum Gasteiger partial charge on any atom is 0.334 e. The Hall–Kier alpha value is -2.88. The third kappa shape index (κ3) is 2.88. The van der Waals surface area contributed by atoms with E-state index in [1.54, 1.807) is 0 Å². The molecule has 23 heavy (non-hydrogen) atoms. The van der Waals surface area contributed by atoms with Crippen LogP contribution in [0.25, 0.3) is 11.1 Å². The van der Waals surface area contributed by atoms with E-state index in [0.717, 1.165) is 22.3 Å². The van der Waals surface area contributed by atoms with Gasteiger partial charge in [-0.15, -0.1) is 0 Å². The smallest absolute Gasteiger partial charge is 0.334 e. The van der Waals surface area contributed by atoms with Gasteiger partial charge in [0.1, 0.15) is 6.61 Å². The van der Waals surface area contributed by atoms with Crippen molar-refractivity contribution >= 4 is 11.9 Å². The molecule has 4 nitrogen and oxygen atoms in total. The summed E-state index contributed by atoms with van der Waals surface area (Å²) in [7, 11) is 0. The summed E-state index contributed by atoms with van der Waals surface area (Å²) < 4.78 is 5.30. The summed E-state index contributed by atoms with van der Waals surface area (Å²) in [5, 5.41) is 8.70. The molecule has 0 saturated heterocycles. The van der Waals surface area contributed by atoms with Crippen LogP contribution in [0.1, 0.15) is 23.5 Å². The normalized spacial score (nSPS) is 12.3. The fourth-order valence-corrected chi connectivity index (χ4v) is 2.96. The highest BCUT2D eigenvalue weighted by molar-refractivity contribution is 5.93. The Morgan fingerprint density at radius 2 is 1.52 bits per heavy atom. The quantitative estimate of drug-likeness (QED) is 0.679. The SMILES string of the molecule is C=C(CC(=O)O)C(=O)OCC1c2ccccc2-c2ccccc21. The number of rotatable bonds is 5. The summed E-state index contributed by atoms with van der Waals surface area (Å²) in [6.45, 7) is 3.65. The molecular formula is C19H16O4. The fraction of sp³-hybridized carbons (Fsp3) is 0.158. The van der Waals surface area contributed by atoms with Gasteiger partial charge in [0.15, 0.2) is 0 Å². The number of benzene rings is 2. The molecule has 0 aromatic heterocycles. The molecule has 1 aliphatic rings. The van der Waals surface area contributed by atoms with Crippen LogP contribution < -0.4 is 0 Å². The van der Waals surface area contributed by atoms with E-state index in [9.17, 15) is 9.59 Å². The number of carbonyl (C=O) groups is 2. The van der Waals surface area contributed by atoms with Crippen LogP contribution in [0.4, 0.5) is 0 Å². The van der Waals surface area contributed by atoms with Gasteiger partial charge in [-0.25, -0.2) is 4.79 Å². The predicted molar refractivity (Wildman–Crippen MR) is 86.1 cm³/mol. The Labute approximate surface area is 134 Å². The third-order valence-electron chi connectivity index (χ3n) is 4.00. The first kappa shape index (κ1) is 15.0. The van der Waals surface area contributed by atoms with Gasteiger partial charge in [0.25, 0.3) is 0 Å². The van der Waals surface area contributed by atoms with Crippen molar-refractivity contribution in [1.82, 2.24) is 0 Å². The summed E-state index contributed by atoms with van der Waals surface area (Å²) in [6, 6.07) is 16.1. The van der Waals surface area contributed by atoms with Crippen molar-refractivity contribution in [2.24, 2.45) is 0 Å². The molecule has 0 radical (unpaired) electrons.